The van der Waals surface area contributed by atoms with Crippen molar-refractivity contribution in [3.63, 3.8) is 0 Å². The maximum absolute atomic E-state index is 12.8. The second kappa shape index (κ2) is 12.2. The second-order valence-corrected chi connectivity index (χ2v) is 9.35. The lowest BCUT2D eigenvalue weighted by atomic mass is 10.1. The Bertz CT molecular complexity index is 1100. The lowest BCUT2D eigenvalue weighted by molar-refractivity contribution is -0.117. The van der Waals surface area contributed by atoms with Crippen LogP contribution < -0.4 is 10.6 Å². The van der Waals surface area contributed by atoms with Gasteiger partial charge in [0.05, 0.1) is 12.2 Å². The summed E-state index contributed by atoms with van der Waals surface area (Å²) in [6.07, 6.45) is 3.99. The molecule has 0 aliphatic rings. The Hall–Kier alpha value is -3.10. The van der Waals surface area contributed by atoms with Gasteiger partial charge in [-0.1, -0.05) is 24.3 Å². The molecule has 2 aromatic carbocycles. The van der Waals surface area contributed by atoms with Gasteiger partial charge in [0.1, 0.15) is 0 Å². The summed E-state index contributed by atoms with van der Waals surface area (Å²) in [4.78, 5) is 41.1. The van der Waals surface area contributed by atoms with Crippen molar-refractivity contribution in [1.82, 2.24) is 4.90 Å². The molecule has 0 bridgehead atoms. The van der Waals surface area contributed by atoms with Crippen molar-refractivity contribution in [2.75, 3.05) is 30.5 Å². The van der Waals surface area contributed by atoms with Gasteiger partial charge in [0.25, 0.3) is 5.91 Å². The third kappa shape index (κ3) is 7.47. The fourth-order valence-electron chi connectivity index (χ4n) is 3.28. The highest BCUT2D eigenvalue weighted by atomic mass is 32.2. The van der Waals surface area contributed by atoms with Gasteiger partial charge in [-0.2, -0.15) is 0 Å². The Morgan fingerprint density at radius 1 is 0.970 bits per heavy atom. The summed E-state index contributed by atoms with van der Waals surface area (Å²) >= 11 is 3.23. The van der Waals surface area contributed by atoms with Crippen LogP contribution in [-0.4, -0.2) is 42.5 Å². The van der Waals surface area contributed by atoms with E-state index in [9.17, 15) is 14.4 Å². The van der Waals surface area contributed by atoms with Crippen molar-refractivity contribution in [2.45, 2.75) is 24.2 Å². The number of thioether (sulfide) groups is 1. The van der Waals surface area contributed by atoms with Crippen LogP contribution in [0.2, 0.25) is 0 Å². The lowest BCUT2D eigenvalue weighted by Crippen LogP contribution is -2.35. The number of para-hydroxylation sites is 1. The number of rotatable bonds is 10. The molecule has 1 heterocycles. The zero-order valence-corrected chi connectivity index (χ0v) is 20.3. The molecule has 0 saturated heterocycles. The number of amides is 3. The van der Waals surface area contributed by atoms with Crippen LogP contribution in [0.1, 0.15) is 28.1 Å². The Labute approximate surface area is 202 Å². The summed E-state index contributed by atoms with van der Waals surface area (Å²) in [6, 6.07) is 18.4. The summed E-state index contributed by atoms with van der Waals surface area (Å²) in [5.74, 6) is -0.656. The number of nitrogens with one attached hydrogen (secondary N) is 2. The highest BCUT2D eigenvalue weighted by Crippen LogP contribution is 2.24. The first-order valence-corrected chi connectivity index (χ1v) is 12.7. The zero-order chi connectivity index (χ0) is 23.6. The minimum atomic E-state index is -0.294. The van der Waals surface area contributed by atoms with Crippen molar-refractivity contribution in [3.8, 4) is 0 Å². The third-order valence-electron chi connectivity index (χ3n) is 4.91. The van der Waals surface area contributed by atoms with Gasteiger partial charge >= 0.3 is 0 Å². The maximum atomic E-state index is 12.8. The normalized spacial score (nSPS) is 10.5. The molecule has 33 heavy (non-hydrogen) atoms. The highest BCUT2D eigenvalue weighted by molar-refractivity contribution is 7.98. The first-order valence-electron chi connectivity index (χ1n) is 10.6. The molecule has 0 unspecified atom stereocenters. The van der Waals surface area contributed by atoms with Crippen LogP contribution in [0.4, 0.5) is 11.4 Å². The predicted molar refractivity (Wildman–Crippen MR) is 136 cm³/mol. The molecule has 1 aromatic heterocycles. The number of aryl methyl sites for hydroxylation is 1. The smallest absolute Gasteiger partial charge is 0.254 e. The van der Waals surface area contributed by atoms with Crippen molar-refractivity contribution < 1.29 is 14.4 Å². The molecular weight excluding hydrogens is 454 g/mol. The molecule has 0 fully saturated rings. The van der Waals surface area contributed by atoms with Crippen LogP contribution in [0.5, 0.6) is 0 Å². The van der Waals surface area contributed by atoms with Crippen LogP contribution in [0.25, 0.3) is 0 Å². The van der Waals surface area contributed by atoms with E-state index in [0.29, 0.717) is 17.7 Å². The van der Waals surface area contributed by atoms with Crippen LogP contribution in [-0.2, 0) is 16.0 Å². The number of hydrogen-bond acceptors (Lipinski definition) is 5. The summed E-state index contributed by atoms with van der Waals surface area (Å²) in [5, 5.41) is 7.74. The Morgan fingerprint density at radius 3 is 2.55 bits per heavy atom. The molecule has 6 nitrogen and oxygen atoms in total. The molecular formula is C25H27N3O3S2. The van der Waals surface area contributed by atoms with E-state index in [1.54, 1.807) is 54.4 Å². The van der Waals surface area contributed by atoms with Crippen LogP contribution >= 0.6 is 23.1 Å². The monoisotopic (exact) mass is 481 g/mol. The molecule has 0 radical (unpaired) electrons. The van der Waals surface area contributed by atoms with Crippen molar-refractivity contribution in [3.05, 3.63) is 76.5 Å². The van der Waals surface area contributed by atoms with Crippen molar-refractivity contribution >= 4 is 52.2 Å². The molecule has 0 atom stereocenters. The first-order chi connectivity index (χ1) is 16.0. The van der Waals surface area contributed by atoms with E-state index in [0.717, 1.165) is 23.4 Å². The lowest BCUT2D eigenvalue weighted by Gasteiger charge is -2.18. The molecule has 8 heteroatoms. The summed E-state index contributed by atoms with van der Waals surface area (Å²) in [7, 11) is 1.58. The fourth-order valence-corrected chi connectivity index (χ4v) is 4.58. The standard InChI is InChI=1S/C25H27N3O3S2/c1-28(17-24(30)27-21-12-3-4-13-22(21)32-2)25(31)18-8-5-9-19(16-18)26-23(29)14-6-10-20-11-7-15-33-20/h3-5,7-9,11-13,15-16H,6,10,14,17H2,1-2H3,(H,26,29)(H,27,30). The van der Waals surface area contributed by atoms with Crippen molar-refractivity contribution in [2.24, 2.45) is 0 Å². The number of likely N-dealkylation sites (N-methyl/N-ethyl adjacent to an activating group) is 1. The zero-order valence-electron chi connectivity index (χ0n) is 18.7. The van der Waals surface area contributed by atoms with Gasteiger partial charge in [0, 0.05) is 34.5 Å². The molecule has 3 rings (SSSR count). The minimum absolute atomic E-state index is 0.0825. The quantitative estimate of drug-likeness (QED) is 0.393. The molecule has 0 aliphatic heterocycles. The number of anilines is 2. The van der Waals surface area contributed by atoms with Gasteiger partial charge in [-0.3, -0.25) is 14.4 Å². The number of carbonyl (C=O) groups is 3. The van der Waals surface area contributed by atoms with Gasteiger partial charge in [-0.25, -0.2) is 0 Å². The molecule has 2 N–H and O–H groups in total. The van der Waals surface area contributed by atoms with E-state index in [-0.39, 0.29) is 24.3 Å². The van der Waals surface area contributed by atoms with E-state index in [1.807, 2.05) is 42.0 Å². The van der Waals surface area contributed by atoms with Crippen LogP contribution in [0.15, 0.2) is 70.9 Å². The summed E-state index contributed by atoms with van der Waals surface area (Å²) in [5.41, 5.74) is 1.69. The summed E-state index contributed by atoms with van der Waals surface area (Å²) < 4.78 is 0. The maximum Gasteiger partial charge on any atom is 0.254 e. The molecule has 0 aliphatic carbocycles. The average Bonchev–Trinajstić information content (AvgIpc) is 3.32. The second-order valence-electron chi connectivity index (χ2n) is 7.47. The Kier molecular flexibility index (Phi) is 9.09. The minimum Gasteiger partial charge on any atom is -0.332 e. The topological polar surface area (TPSA) is 78.5 Å². The highest BCUT2D eigenvalue weighted by Gasteiger charge is 2.16. The van der Waals surface area contributed by atoms with Gasteiger partial charge in [-0.05, 0) is 60.9 Å². The predicted octanol–water partition coefficient (Wildman–Crippen LogP) is 5.14. The van der Waals surface area contributed by atoms with E-state index in [2.05, 4.69) is 16.7 Å². The molecule has 0 spiro atoms. The average molecular weight is 482 g/mol. The van der Waals surface area contributed by atoms with Gasteiger partial charge < -0.3 is 15.5 Å². The van der Waals surface area contributed by atoms with Crippen LogP contribution in [0, 0.1) is 0 Å². The van der Waals surface area contributed by atoms with Gasteiger partial charge in [0.2, 0.25) is 11.8 Å². The SMILES string of the molecule is CSc1ccccc1NC(=O)CN(C)C(=O)c1cccc(NC(=O)CCCc2cccs2)c1. The number of nitrogens with zero attached hydrogens (tertiary/aromatic N) is 1. The van der Waals surface area contributed by atoms with E-state index < -0.39 is 0 Å². The number of benzene rings is 2. The Balaban J connectivity index is 1.52. The number of carbonyl (C=O) groups excluding carboxylic acids is 3. The number of hydrogen-bond donors (Lipinski definition) is 2. The Morgan fingerprint density at radius 2 is 1.79 bits per heavy atom. The van der Waals surface area contributed by atoms with Crippen LogP contribution in [0.3, 0.4) is 0 Å². The van der Waals surface area contributed by atoms with E-state index in [4.69, 9.17) is 0 Å². The molecule has 172 valence electrons. The molecule has 0 saturated carbocycles. The van der Waals surface area contributed by atoms with Crippen molar-refractivity contribution in [1.29, 1.82) is 0 Å². The van der Waals surface area contributed by atoms with E-state index >= 15 is 0 Å². The fraction of sp³-hybridized carbons (Fsp3) is 0.240. The summed E-state index contributed by atoms with van der Waals surface area (Å²) in [6.45, 7) is -0.0825. The number of thiophene rings is 1. The largest absolute Gasteiger partial charge is 0.332 e. The molecule has 3 aromatic rings. The van der Waals surface area contributed by atoms with Gasteiger partial charge in [-0.15, -0.1) is 23.1 Å². The first kappa shape index (κ1) is 24.5. The molecule has 3 amide bonds. The third-order valence-corrected chi connectivity index (χ3v) is 6.64. The van der Waals surface area contributed by atoms with E-state index in [1.165, 1.54) is 9.78 Å². The van der Waals surface area contributed by atoms with Gasteiger partial charge in [0.15, 0.2) is 0 Å².